The second kappa shape index (κ2) is 9.10. The normalized spacial score (nSPS) is 10.6. The lowest BCUT2D eigenvalue weighted by Crippen LogP contribution is -2.24. The first-order valence-corrected chi connectivity index (χ1v) is 8.10. The van der Waals surface area contributed by atoms with E-state index in [0.29, 0.717) is 5.95 Å². The molecule has 0 aliphatic rings. The lowest BCUT2D eigenvalue weighted by molar-refractivity contribution is 0.197. The van der Waals surface area contributed by atoms with E-state index in [-0.39, 0.29) is 0 Å². The van der Waals surface area contributed by atoms with Gasteiger partial charge in [-0.1, -0.05) is 30.3 Å². The van der Waals surface area contributed by atoms with Gasteiger partial charge in [0.05, 0.1) is 0 Å². The molecule has 23 heavy (non-hydrogen) atoms. The van der Waals surface area contributed by atoms with Crippen LogP contribution in [0.5, 0.6) is 0 Å². The first kappa shape index (κ1) is 17.2. The molecule has 0 aliphatic carbocycles. The molecule has 124 valence electrons. The molecule has 0 aliphatic heterocycles. The molecule has 0 spiro atoms. The molecule has 2 aromatic rings. The summed E-state index contributed by atoms with van der Waals surface area (Å²) in [5, 5.41) is 3.27. The van der Waals surface area contributed by atoms with Crippen molar-refractivity contribution in [1.82, 2.24) is 9.97 Å². The van der Waals surface area contributed by atoms with Crippen LogP contribution in [0.3, 0.4) is 0 Å². The van der Waals surface area contributed by atoms with Gasteiger partial charge in [0.25, 0.3) is 0 Å². The Bertz CT molecular complexity index is 589. The highest BCUT2D eigenvalue weighted by molar-refractivity contribution is 5.45. The van der Waals surface area contributed by atoms with E-state index < -0.39 is 0 Å². The van der Waals surface area contributed by atoms with Gasteiger partial charge in [-0.2, -0.15) is 4.98 Å². The van der Waals surface area contributed by atoms with Gasteiger partial charge in [0.15, 0.2) is 0 Å². The third-order valence-electron chi connectivity index (χ3n) is 3.57. The van der Waals surface area contributed by atoms with Crippen LogP contribution in [0.15, 0.2) is 36.4 Å². The minimum Gasteiger partial charge on any atom is -0.385 e. The van der Waals surface area contributed by atoms with E-state index in [0.717, 1.165) is 44.2 Å². The Morgan fingerprint density at radius 2 is 1.96 bits per heavy atom. The predicted octanol–water partition coefficient (Wildman–Crippen LogP) is 3.26. The maximum absolute atomic E-state index is 5.06. The second-order valence-corrected chi connectivity index (χ2v) is 5.46. The first-order valence-electron chi connectivity index (χ1n) is 8.10. The molecule has 0 saturated carbocycles. The van der Waals surface area contributed by atoms with Gasteiger partial charge in [0.1, 0.15) is 5.82 Å². The zero-order valence-corrected chi connectivity index (χ0v) is 14.2. The van der Waals surface area contributed by atoms with E-state index in [1.165, 1.54) is 5.56 Å². The summed E-state index contributed by atoms with van der Waals surface area (Å²) in [6, 6.07) is 12.5. The number of anilines is 2. The van der Waals surface area contributed by atoms with E-state index in [1.807, 2.05) is 19.1 Å². The number of ether oxygens (including phenoxy) is 1. The fourth-order valence-corrected chi connectivity index (χ4v) is 2.37. The Labute approximate surface area is 138 Å². The van der Waals surface area contributed by atoms with Crippen molar-refractivity contribution in [2.75, 3.05) is 37.0 Å². The van der Waals surface area contributed by atoms with Crippen molar-refractivity contribution in [1.29, 1.82) is 0 Å². The van der Waals surface area contributed by atoms with Crippen LogP contribution in [0.25, 0.3) is 0 Å². The Morgan fingerprint density at radius 1 is 1.17 bits per heavy atom. The van der Waals surface area contributed by atoms with Crippen LogP contribution in [-0.4, -0.2) is 36.8 Å². The number of methoxy groups -OCH3 is 1. The topological polar surface area (TPSA) is 50.3 Å². The van der Waals surface area contributed by atoms with Gasteiger partial charge in [0, 0.05) is 45.1 Å². The van der Waals surface area contributed by atoms with Crippen LogP contribution in [0.1, 0.15) is 24.6 Å². The van der Waals surface area contributed by atoms with Gasteiger partial charge in [-0.3, -0.25) is 0 Å². The number of benzene rings is 1. The van der Waals surface area contributed by atoms with E-state index in [2.05, 4.69) is 51.4 Å². The van der Waals surface area contributed by atoms with Gasteiger partial charge in [0.2, 0.25) is 5.95 Å². The largest absolute Gasteiger partial charge is 0.385 e. The summed E-state index contributed by atoms with van der Waals surface area (Å²) in [7, 11) is 1.71. The van der Waals surface area contributed by atoms with E-state index in [4.69, 9.17) is 4.74 Å². The number of nitrogens with one attached hydrogen (secondary N) is 1. The summed E-state index contributed by atoms with van der Waals surface area (Å²) >= 11 is 0. The van der Waals surface area contributed by atoms with Gasteiger partial charge >= 0.3 is 0 Å². The summed E-state index contributed by atoms with van der Waals surface area (Å²) in [6.07, 6.45) is 0.935. The van der Waals surface area contributed by atoms with Crippen LogP contribution >= 0.6 is 0 Å². The van der Waals surface area contributed by atoms with Gasteiger partial charge in [-0.15, -0.1) is 0 Å². The fourth-order valence-electron chi connectivity index (χ4n) is 2.37. The smallest absolute Gasteiger partial charge is 0.224 e. The molecular weight excluding hydrogens is 288 g/mol. The van der Waals surface area contributed by atoms with Crippen molar-refractivity contribution in [3.05, 3.63) is 47.7 Å². The molecule has 1 N–H and O–H groups in total. The summed E-state index contributed by atoms with van der Waals surface area (Å²) in [6.45, 7) is 7.43. The molecule has 5 nitrogen and oxygen atoms in total. The van der Waals surface area contributed by atoms with Crippen molar-refractivity contribution in [2.24, 2.45) is 0 Å². The van der Waals surface area contributed by atoms with E-state index in [9.17, 15) is 0 Å². The SMILES string of the molecule is CCN(Cc1ccccc1)c1cc(C)nc(NCCCOC)n1. The third-order valence-corrected chi connectivity index (χ3v) is 3.57. The van der Waals surface area contributed by atoms with Crippen molar-refractivity contribution in [3.63, 3.8) is 0 Å². The van der Waals surface area contributed by atoms with Gasteiger partial charge < -0.3 is 15.0 Å². The van der Waals surface area contributed by atoms with Crippen LogP contribution in [-0.2, 0) is 11.3 Å². The summed E-state index contributed by atoms with van der Waals surface area (Å²) in [5.74, 6) is 1.64. The Kier molecular flexibility index (Phi) is 6.81. The van der Waals surface area contributed by atoms with Crippen molar-refractivity contribution in [3.8, 4) is 0 Å². The predicted molar refractivity (Wildman–Crippen MR) is 94.9 cm³/mol. The van der Waals surface area contributed by atoms with Crippen LogP contribution in [0.4, 0.5) is 11.8 Å². The monoisotopic (exact) mass is 314 g/mol. The molecule has 2 rings (SSSR count). The third kappa shape index (κ3) is 5.53. The second-order valence-electron chi connectivity index (χ2n) is 5.46. The molecule has 1 aromatic carbocycles. The quantitative estimate of drug-likeness (QED) is 0.720. The van der Waals surface area contributed by atoms with Crippen molar-refractivity contribution in [2.45, 2.75) is 26.8 Å². The molecular formula is C18H26N4O. The number of rotatable bonds is 9. The van der Waals surface area contributed by atoms with Crippen LogP contribution in [0, 0.1) is 6.92 Å². The van der Waals surface area contributed by atoms with Crippen molar-refractivity contribution >= 4 is 11.8 Å². The average molecular weight is 314 g/mol. The number of nitrogens with zero attached hydrogens (tertiary/aromatic N) is 3. The van der Waals surface area contributed by atoms with Gasteiger partial charge in [-0.25, -0.2) is 4.98 Å². The van der Waals surface area contributed by atoms with Gasteiger partial charge in [-0.05, 0) is 25.8 Å². The molecule has 0 unspecified atom stereocenters. The highest BCUT2D eigenvalue weighted by atomic mass is 16.5. The maximum Gasteiger partial charge on any atom is 0.224 e. The standard InChI is InChI=1S/C18H26N4O/c1-4-22(14-16-9-6-5-7-10-16)17-13-15(2)20-18(21-17)19-11-8-12-23-3/h5-7,9-10,13H,4,8,11-12,14H2,1-3H3,(H,19,20,21). The zero-order chi connectivity index (χ0) is 16.5. The number of aromatic nitrogens is 2. The summed E-state index contributed by atoms with van der Waals surface area (Å²) < 4.78 is 5.06. The molecule has 0 fully saturated rings. The van der Waals surface area contributed by atoms with Crippen LogP contribution < -0.4 is 10.2 Å². The number of hydrogen-bond acceptors (Lipinski definition) is 5. The lowest BCUT2D eigenvalue weighted by atomic mass is 10.2. The molecule has 0 bridgehead atoms. The molecule has 5 heteroatoms. The number of aryl methyl sites for hydroxylation is 1. The minimum atomic E-state index is 0.683. The van der Waals surface area contributed by atoms with E-state index in [1.54, 1.807) is 7.11 Å². The molecule has 0 radical (unpaired) electrons. The number of hydrogen-bond donors (Lipinski definition) is 1. The molecule has 1 aromatic heterocycles. The Hall–Kier alpha value is -2.14. The lowest BCUT2D eigenvalue weighted by Gasteiger charge is -2.23. The highest BCUT2D eigenvalue weighted by Gasteiger charge is 2.09. The molecule has 0 saturated heterocycles. The average Bonchev–Trinajstić information content (AvgIpc) is 2.57. The van der Waals surface area contributed by atoms with Crippen molar-refractivity contribution < 1.29 is 4.74 Å². The highest BCUT2D eigenvalue weighted by Crippen LogP contribution is 2.17. The first-order chi connectivity index (χ1) is 11.2. The summed E-state index contributed by atoms with van der Waals surface area (Å²) in [5.41, 5.74) is 2.25. The molecule has 1 heterocycles. The zero-order valence-electron chi connectivity index (χ0n) is 14.2. The molecule has 0 atom stereocenters. The van der Waals surface area contributed by atoms with Crippen LogP contribution in [0.2, 0.25) is 0 Å². The van der Waals surface area contributed by atoms with E-state index >= 15 is 0 Å². The Morgan fingerprint density at radius 3 is 2.65 bits per heavy atom. The minimum absolute atomic E-state index is 0.683. The fraction of sp³-hybridized carbons (Fsp3) is 0.444. The molecule has 0 amide bonds. The Balaban J connectivity index is 2.08. The maximum atomic E-state index is 5.06. The summed E-state index contributed by atoms with van der Waals surface area (Å²) in [4.78, 5) is 11.4.